The number of rotatable bonds is 4. The van der Waals surface area contributed by atoms with Crippen molar-refractivity contribution >= 4 is 21.6 Å². The molecule has 1 aromatic carbocycles. The van der Waals surface area contributed by atoms with Crippen molar-refractivity contribution in [2.24, 2.45) is 0 Å². The monoisotopic (exact) mass is 288 g/mol. The van der Waals surface area contributed by atoms with Crippen molar-refractivity contribution in [2.75, 3.05) is 31.0 Å². The standard InChI is InChI=1S/C12H16O4S2/c1-18(13,14)8-7-17-10-3-4-11-12(9-10)16-6-2-5-15-11/h3-4,9H,2,5-8H2,1H3. The average molecular weight is 288 g/mol. The van der Waals surface area contributed by atoms with Crippen molar-refractivity contribution in [1.82, 2.24) is 0 Å². The van der Waals surface area contributed by atoms with Gasteiger partial charge in [-0.3, -0.25) is 0 Å². The first kappa shape index (κ1) is 13.5. The lowest BCUT2D eigenvalue weighted by Crippen LogP contribution is -2.04. The second kappa shape index (κ2) is 5.84. The van der Waals surface area contributed by atoms with Crippen LogP contribution < -0.4 is 9.47 Å². The van der Waals surface area contributed by atoms with E-state index < -0.39 is 9.84 Å². The van der Waals surface area contributed by atoms with Crippen LogP contribution in [0.25, 0.3) is 0 Å². The van der Waals surface area contributed by atoms with Gasteiger partial charge in [0, 0.05) is 23.3 Å². The maximum absolute atomic E-state index is 11.0. The van der Waals surface area contributed by atoms with Gasteiger partial charge >= 0.3 is 0 Å². The zero-order valence-electron chi connectivity index (χ0n) is 10.2. The summed E-state index contributed by atoms with van der Waals surface area (Å²) < 4.78 is 33.2. The predicted molar refractivity (Wildman–Crippen MR) is 72.5 cm³/mol. The van der Waals surface area contributed by atoms with Crippen LogP contribution in [0.1, 0.15) is 6.42 Å². The highest BCUT2D eigenvalue weighted by Crippen LogP contribution is 2.33. The first-order valence-electron chi connectivity index (χ1n) is 5.75. The van der Waals surface area contributed by atoms with Crippen LogP contribution >= 0.6 is 11.8 Å². The highest BCUT2D eigenvalue weighted by molar-refractivity contribution is 8.00. The summed E-state index contributed by atoms with van der Waals surface area (Å²) >= 11 is 1.51. The van der Waals surface area contributed by atoms with E-state index in [2.05, 4.69) is 0 Å². The summed E-state index contributed by atoms with van der Waals surface area (Å²) in [4.78, 5) is 1.00. The molecule has 6 heteroatoms. The molecule has 0 saturated heterocycles. The lowest BCUT2D eigenvalue weighted by Gasteiger charge is -2.08. The molecule has 1 heterocycles. The number of hydrogen-bond acceptors (Lipinski definition) is 5. The molecule has 100 valence electrons. The normalized spacial score (nSPS) is 15.2. The quantitative estimate of drug-likeness (QED) is 0.793. The van der Waals surface area contributed by atoms with E-state index in [1.54, 1.807) is 0 Å². The minimum absolute atomic E-state index is 0.187. The van der Waals surface area contributed by atoms with E-state index in [4.69, 9.17) is 9.47 Å². The van der Waals surface area contributed by atoms with E-state index >= 15 is 0 Å². The Labute approximate surface area is 112 Å². The smallest absolute Gasteiger partial charge is 0.162 e. The van der Waals surface area contributed by atoms with Crippen LogP contribution in [-0.2, 0) is 9.84 Å². The molecule has 0 spiro atoms. The largest absolute Gasteiger partial charge is 0.490 e. The lowest BCUT2D eigenvalue weighted by atomic mass is 10.3. The van der Waals surface area contributed by atoms with Gasteiger partial charge in [0.1, 0.15) is 9.84 Å². The van der Waals surface area contributed by atoms with E-state index in [1.807, 2.05) is 18.2 Å². The van der Waals surface area contributed by atoms with Gasteiger partial charge in [-0.05, 0) is 18.2 Å². The maximum Gasteiger partial charge on any atom is 0.162 e. The van der Waals surface area contributed by atoms with Crippen molar-refractivity contribution in [1.29, 1.82) is 0 Å². The van der Waals surface area contributed by atoms with Crippen LogP contribution in [0.4, 0.5) is 0 Å². The van der Waals surface area contributed by atoms with Gasteiger partial charge in [-0.2, -0.15) is 0 Å². The SMILES string of the molecule is CS(=O)(=O)CCSc1ccc2c(c1)OCCCO2. The summed E-state index contributed by atoms with van der Waals surface area (Å²) in [7, 11) is -2.89. The molecule has 0 atom stereocenters. The van der Waals surface area contributed by atoms with Crippen LogP contribution in [0, 0.1) is 0 Å². The predicted octanol–water partition coefficient (Wildman–Crippen LogP) is 1.98. The van der Waals surface area contributed by atoms with Crippen molar-refractivity contribution in [3.05, 3.63) is 18.2 Å². The molecule has 1 aliphatic rings. The fourth-order valence-corrected chi connectivity index (χ4v) is 3.68. The number of hydrogen-bond donors (Lipinski definition) is 0. The molecular formula is C12H16O4S2. The Morgan fingerprint density at radius 3 is 2.67 bits per heavy atom. The van der Waals surface area contributed by atoms with Gasteiger partial charge in [0.2, 0.25) is 0 Å². The third kappa shape index (κ3) is 4.10. The van der Waals surface area contributed by atoms with E-state index in [9.17, 15) is 8.42 Å². The van der Waals surface area contributed by atoms with Gasteiger partial charge in [-0.1, -0.05) is 0 Å². The number of ether oxygens (including phenoxy) is 2. The molecule has 18 heavy (non-hydrogen) atoms. The van der Waals surface area contributed by atoms with E-state index in [0.717, 1.165) is 22.8 Å². The molecule has 0 amide bonds. The lowest BCUT2D eigenvalue weighted by molar-refractivity contribution is 0.297. The summed E-state index contributed by atoms with van der Waals surface area (Å²) in [5, 5.41) is 0. The Morgan fingerprint density at radius 1 is 1.22 bits per heavy atom. The fourth-order valence-electron chi connectivity index (χ4n) is 1.54. The molecule has 0 radical (unpaired) electrons. The Kier molecular flexibility index (Phi) is 4.40. The molecule has 1 aromatic rings. The van der Waals surface area contributed by atoms with Gasteiger partial charge in [-0.25, -0.2) is 8.42 Å². The second-order valence-electron chi connectivity index (χ2n) is 4.14. The maximum atomic E-state index is 11.0. The van der Waals surface area contributed by atoms with Crippen molar-refractivity contribution in [3.8, 4) is 11.5 Å². The van der Waals surface area contributed by atoms with Crippen LogP contribution in [0.3, 0.4) is 0 Å². The topological polar surface area (TPSA) is 52.6 Å². The van der Waals surface area contributed by atoms with Gasteiger partial charge in [-0.15, -0.1) is 11.8 Å². The Morgan fingerprint density at radius 2 is 1.94 bits per heavy atom. The summed E-state index contributed by atoms with van der Waals surface area (Å²) in [5.41, 5.74) is 0. The van der Waals surface area contributed by atoms with E-state index in [1.165, 1.54) is 18.0 Å². The highest BCUT2D eigenvalue weighted by Gasteiger charge is 2.11. The van der Waals surface area contributed by atoms with Gasteiger partial charge in [0.25, 0.3) is 0 Å². The Bertz CT molecular complexity index is 511. The van der Waals surface area contributed by atoms with Crippen molar-refractivity contribution in [3.63, 3.8) is 0 Å². The zero-order valence-corrected chi connectivity index (χ0v) is 11.9. The van der Waals surface area contributed by atoms with Gasteiger partial charge in [0.15, 0.2) is 11.5 Å². The molecule has 0 N–H and O–H groups in total. The first-order valence-corrected chi connectivity index (χ1v) is 8.79. The third-order valence-corrected chi connectivity index (χ3v) is 4.64. The zero-order chi connectivity index (χ0) is 13.0. The molecule has 0 fully saturated rings. The Balaban J connectivity index is 2.00. The highest BCUT2D eigenvalue weighted by atomic mass is 32.2. The molecule has 0 aliphatic carbocycles. The molecule has 0 aromatic heterocycles. The van der Waals surface area contributed by atoms with Crippen LogP contribution in [-0.4, -0.2) is 39.4 Å². The van der Waals surface area contributed by atoms with Crippen molar-refractivity contribution < 1.29 is 17.9 Å². The summed E-state index contributed by atoms with van der Waals surface area (Å²) in [6, 6.07) is 5.72. The number of fused-ring (bicyclic) bond motifs is 1. The van der Waals surface area contributed by atoms with Crippen LogP contribution in [0.15, 0.2) is 23.1 Å². The third-order valence-electron chi connectivity index (χ3n) is 2.44. The number of sulfone groups is 1. The molecule has 4 nitrogen and oxygen atoms in total. The van der Waals surface area contributed by atoms with Crippen LogP contribution in [0.2, 0.25) is 0 Å². The summed E-state index contributed by atoms with van der Waals surface area (Å²) in [6.45, 7) is 1.33. The number of thioether (sulfide) groups is 1. The second-order valence-corrected chi connectivity index (χ2v) is 7.57. The minimum Gasteiger partial charge on any atom is -0.490 e. The molecular weight excluding hydrogens is 272 g/mol. The molecule has 0 saturated carbocycles. The molecule has 1 aliphatic heterocycles. The first-order chi connectivity index (χ1) is 8.54. The fraction of sp³-hybridized carbons (Fsp3) is 0.500. The molecule has 0 unspecified atom stereocenters. The van der Waals surface area contributed by atoms with E-state index in [-0.39, 0.29) is 5.75 Å². The Hall–Kier alpha value is -0.880. The molecule has 0 bridgehead atoms. The van der Waals surface area contributed by atoms with Crippen LogP contribution in [0.5, 0.6) is 11.5 Å². The van der Waals surface area contributed by atoms with Gasteiger partial charge in [0.05, 0.1) is 19.0 Å². The summed E-state index contributed by atoms with van der Waals surface area (Å²) in [5.74, 6) is 2.25. The molecule has 2 rings (SSSR count). The summed E-state index contributed by atoms with van der Waals surface area (Å²) in [6.07, 6.45) is 2.13. The number of benzene rings is 1. The minimum atomic E-state index is -2.89. The average Bonchev–Trinajstić information content (AvgIpc) is 2.51. The van der Waals surface area contributed by atoms with E-state index in [0.29, 0.717) is 19.0 Å². The van der Waals surface area contributed by atoms with Crippen molar-refractivity contribution in [2.45, 2.75) is 11.3 Å². The van der Waals surface area contributed by atoms with Gasteiger partial charge < -0.3 is 9.47 Å².